The molecule has 1 saturated heterocycles. The van der Waals surface area contributed by atoms with Crippen molar-refractivity contribution in [1.82, 2.24) is 29.7 Å². The zero-order valence-electron chi connectivity index (χ0n) is 19.1. The van der Waals surface area contributed by atoms with E-state index in [1.807, 2.05) is 30.5 Å². The summed E-state index contributed by atoms with van der Waals surface area (Å²) in [5.74, 6) is 0.890. The standard InChI is InChI=1S/C26H22N8O/c1-32-7-8-33-18(13-32)14-35-24-10-16(4-5-23(24)33)25-21-11-20(17(12-27)9-22(21)30-31-25)19-3-2-6-34-26(19)28-15-29-34/h2-6,9-11,15,18H,7-8,13-14H2,1H3,(H,30,31). The average molecular weight is 463 g/mol. The van der Waals surface area contributed by atoms with Crippen molar-refractivity contribution in [3.05, 3.63) is 60.6 Å². The maximum absolute atomic E-state index is 9.88. The van der Waals surface area contributed by atoms with Gasteiger partial charge in [0.2, 0.25) is 0 Å². The number of hydrogen-bond donors (Lipinski definition) is 1. The first-order chi connectivity index (χ1) is 17.2. The van der Waals surface area contributed by atoms with Gasteiger partial charge in [-0.05, 0) is 43.4 Å². The van der Waals surface area contributed by atoms with Crippen molar-refractivity contribution >= 4 is 22.2 Å². The zero-order valence-corrected chi connectivity index (χ0v) is 19.1. The fraction of sp³-hybridized carbons (Fsp3) is 0.231. The van der Waals surface area contributed by atoms with Crippen LogP contribution in [0.1, 0.15) is 5.56 Å². The second-order valence-corrected chi connectivity index (χ2v) is 9.18. The van der Waals surface area contributed by atoms with E-state index < -0.39 is 0 Å². The number of likely N-dealkylation sites (N-methyl/N-ethyl adjacent to an activating group) is 1. The lowest BCUT2D eigenvalue weighted by atomic mass is 9.97. The number of nitriles is 1. The predicted molar refractivity (Wildman–Crippen MR) is 132 cm³/mol. The number of nitrogens with one attached hydrogen (secondary N) is 1. The van der Waals surface area contributed by atoms with E-state index in [0.717, 1.165) is 64.4 Å². The van der Waals surface area contributed by atoms with E-state index in [2.05, 4.69) is 61.4 Å². The van der Waals surface area contributed by atoms with E-state index in [4.69, 9.17) is 4.74 Å². The molecule has 35 heavy (non-hydrogen) atoms. The Morgan fingerprint density at radius 2 is 2.09 bits per heavy atom. The predicted octanol–water partition coefficient (Wildman–Crippen LogP) is 3.32. The molecule has 0 bridgehead atoms. The molecular weight excluding hydrogens is 440 g/mol. The molecule has 1 N–H and O–H groups in total. The summed E-state index contributed by atoms with van der Waals surface area (Å²) in [5, 5.41) is 22.8. The summed E-state index contributed by atoms with van der Waals surface area (Å²) in [6.45, 7) is 3.73. The van der Waals surface area contributed by atoms with Gasteiger partial charge in [0.15, 0.2) is 5.65 Å². The number of pyridine rings is 1. The monoisotopic (exact) mass is 462 g/mol. The van der Waals surface area contributed by atoms with Crippen LogP contribution in [0.4, 0.5) is 5.69 Å². The minimum atomic E-state index is 0.380. The quantitative estimate of drug-likeness (QED) is 0.430. The van der Waals surface area contributed by atoms with Crippen molar-refractivity contribution in [2.45, 2.75) is 6.04 Å². The Kier molecular flexibility index (Phi) is 4.31. The molecule has 1 unspecified atom stereocenters. The number of piperazine rings is 1. The number of ether oxygens (including phenoxy) is 1. The van der Waals surface area contributed by atoms with Gasteiger partial charge in [-0.1, -0.05) is 6.07 Å². The molecule has 1 atom stereocenters. The number of fused-ring (bicyclic) bond motifs is 5. The number of rotatable bonds is 2. The Bertz CT molecular complexity index is 1640. The summed E-state index contributed by atoms with van der Waals surface area (Å²) in [4.78, 5) is 9.21. The zero-order chi connectivity index (χ0) is 23.5. The number of hydrogen-bond acceptors (Lipinski definition) is 7. The van der Waals surface area contributed by atoms with Crippen molar-refractivity contribution < 1.29 is 4.74 Å². The topological polar surface area (TPSA) is 98.4 Å². The third-order valence-corrected chi connectivity index (χ3v) is 7.08. The van der Waals surface area contributed by atoms with Gasteiger partial charge in [-0.15, -0.1) is 0 Å². The highest BCUT2D eigenvalue weighted by molar-refractivity contribution is 5.99. The molecule has 2 aliphatic rings. The van der Waals surface area contributed by atoms with E-state index in [-0.39, 0.29) is 0 Å². The van der Waals surface area contributed by atoms with Gasteiger partial charge in [0.25, 0.3) is 0 Å². The van der Waals surface area contributed by atoms with Gasteiger partial charge in [0.05, 0.1) is 28.9 Å². The second kappa shape index (κ2) is 7.55. The summed E-state index contributed by atoms with van der Waals surface area (Å²) in [7, 11) is 2.16. The number of benzene rings is 2. The maximum atomic E-state index is 9.88. The Hall–Kier alpha value is -4.42. The average Bonchev–Trinajstić information content (AvgIpc) is 3.54. The highest BCUT2D eigenvalue weighted by Gasteiger charge is 2.32. The third kappa shape index (κ3) is 3.07. The van der Waals surface area contributed by atoms with Crippen LogP contribution < -0.4 is 9.64 Å². The van der Waals surface area contributed by atoms with Crippen LogP contribution in [0.25, 0.3) is 38.9 Å². The van der Waals surface area contributed by atoms with E-state index >= 15 is 0 Å². The first-order valence-electron chi connectivity index (χ1n) is 11.6. The SMILES string of the molecule is CN1CCN2c3ccc(-c4n[nH]c5cc(C#N)c(-c6cccn7ncnc67)cc45)cc3OCC2C1. The van der Waals surface area contributed by atoms with Crippen molar-refractivity contribution in [3.63, 3.8) is 0 Å². The summed E-state index contributed by atoms with van der Waals surface area (Å²) in [6, 6.07) is 16.8. The van der Waals surface area contributed by atoms with E-state index in [1.54, 1.807) is 4.52 Å². The molecule has 0 spiro atoms. The molecule has 3 aromatic heterocycles. The largest absolute Gasteiger partial charge is 0.489 e. The smallest absolute Gasteiger partial charge is 0.163 e. The molecule has 0 radical (unpaired) electrons. The van der Waals surface area contributed by atoms with E-state index in [1.165, 1.54) is 6.33 Å². The van der Waals surface area contributed by atoms with Gasteiger partial charge in [-0.3, -0.25) is 5.10 Å². The van der Waals surface area contributed by atoms with Crippen molar-refractivity contribution in [1.29, 1.82) is 5.26 Å². The highest BCUT2D eigenvalue weighted by atomic mass is 16.5. The van der Waals surface area contributed by atoms with Crippen LogP contribution in [0.3, 0.4) is 0 Å². The van der Waals surface area contributed by atoms with Crippen molar-refractivity contribution in [2.24, 2.45) is 0 Å². The highest BCUT2D eigenvalue weighted by Crippen LogP contribution is 2.40. The number of aromatic nitrogens is 5. The third-order valence-electron chi connectivity index (χ3n) is 7.08. The summed E-state index contributed by atoms with van der Waals surface area (Å²) in [5.41, 5.74) is 6.66. The number of anilines is 1. The fourth-order valence-corrected chi connectivity index (χ4v) is 5.33. The van der Waals surface area contributed by atoms with Gasteiger partial charge in [-0.2, -0.15) is 15.5 Å². The van der Waals surface area contributed by atoms with Gasteiger partial charge < -0.3 is 14.5 Å². The van der Waals surface area contributed by atoms with Crippen LogP contribution in [0.2, 0.25) is 0 Å². The normalized spacial score (nSPS) is 17.7. The molecule has 0 saturated carbocycles. The van der Waals surface area contributed by atoms with Gasteiger partial charge in [0, 0.05) is 47.9 Å². The van der Waals surface area contributed by atoms with Gasteiger partial charge >= 0.3 is 0 Å². The molecule has 2 aromatic carbocycles. The fourth-order valence-electron chi connectivity index (χ4n) is 5.33. The molecule has 9 nitrogen and oxygen atoms in total. The molecule has 172 valence electrons. The lowest BCUT2D eigenvalue weighted by molar-refractivity contribution is 0.188. The lowest BCUT2D eigenvalue weighted by Gasteiger charge is -2.44. The summed E-state index contributed by atoms with van der Waals surface area (Å²) >= 11 is 0. The first kappa shape index (κ1) is 20.0. The minimum Gasteiger partial charge on any atom is -0.489 e. The molecule has 0 amide bonds. The van der Waals surface area contributed by atoms with Crippen LogP contribution >= 0.6 is 0 Å². The molecule has 5 heterocycles. The number of aromatic amines is 1. The molecule has 9 heteroatoms. The molecule has 5 aromatic rings. The Labute approximate surface area is 201 Å². The van der Waals surface area contributed by atoms with Gasteiger partial charge in [0.1, 0.15) is 24.4 Å². The Morgan fingerprint density at radius 3 is 3.00 bits per heavy atom. The number of H-pyrrole nitrogens is 1. The Morgan fingerprint density at radius 1 is 1.14 bits per heavy atom. The van der Waals surface area contributed by atoms with Crippen LogP contribution in [0.5, 0.6) is 5.75 Å². The molecule has 1 fully saturated rings. The molecular formula is C26H22N8O. The summed E-state index contributed by atoms with van der Waals surface area (Å²) in [6.07, 6.45) is 3.36. The first-order valence-corrected chi connectivity index (χ1v) is 11.6. The molecule has 7 rings (SSSR count). The van der Waals surface area contributed by atoms with Crippen LogP contribution in [-0.4, -0.2) is 69.0 Å². The van der Waals surface area contributed by atoms with Crippen molar-refractivity contribution in [3.8, 4) is 34.2 Å². The van der Waals surface area contributed by atoms with Crippen LogP contribution in [-0.2, 0) is 0 Å². The molecule has 2 aliphatic heterocycles. The van der Waals surface area contributed by atoms with E-state index in [9.17, 15) is 5.26 Å². The van der Waals surface area contributed by atoms with Crippen LogP contribution in [0.15, 0.2) is 55.0 Å². The van der Waals surface area contributed by atoms with Crippen LogP contribution in [0, 0.1) is 11.3 Å². The van der Waals surface area contributed by atoms with Gasteiger partial charge in [-0.25, -0.2) is 9.50 Å². The van der Waals surface area contributed by atoms with Crippen molar-refractivity contribution in [2.75, 3.05) is 38.2 Å². The molecule has 0 aliphatic carbocycles. The lowest BCUT2D eigenvalue weighted by Crippen LogP contribution is -2.56. The Balaban J connectivity index is 1.35. The summed E-state index contributed by atoms with van der Waals surface area (Å²) < 4.78 is 7.91. The second-order valence-electron chi connectivity index (χ2n) is 9.18. The minimum absolute atomic E-state index is 0.380. The number of nitrogens with zero attached hydrogens (tertiary/aromatic N) is 7. The maximum Gasteiger partial charge on any atom is 0.163 e. The van der Waals surface area contributed by atoms with E-state index in [0.29, 0.717) is 23.9 Å².